The summed E-state index contributed by atoms with van der Waals surface area (Å²) < 4.78 is 0.867. The van der Waals surface area contributed by atoms with Crippen LogP contribution in [0.15, 0.2) is 4.34 Å². The summed E-state index contributed by atoms with van der Waals surface area (Å²) in [4.78, 5) is 12.5. The Hall–Kier alpha value is -0.820. The number of carbonyl (C=O) groups is 1. The van der Waals surface area contributed by atoms with Crippen molar-refractivity contribution in [1.82, 2.24) is 15.5 Å². The monoisotopic (exact) mass is 408 g/mol. The van der Waals surface area contributed by atoms with Gasteiger partial charge in [0.2, 0.25) is 11.0 Å². The molecule has 1 aromatic heterocycles. The first-order chi connectivity index (χ1) is 13.1. The summed E-state index contributed by atoms with van der Waals surface area (Å²) in [5.41, 5.74) is 0.369. The largest absolute Gasteiger partial charge is 0.360 e. The summed E-state index contributed by atoms with van der Waals surface area (Å²) in [5.74, 6) is 3.33. The Kier molecular flexibility index (Phi) is 5.97. The summed E-state index contributed by atoms with van der Waals surface area (Å²) in [6.07, 6.45) is 10.6. The third-order valence-electron chi connectivity index (χ3n) is 6.92. The van der Waals surface area contributed by atoms with Crippen LogP contribution >= 0.6 is 23.1 Å². The van der Waals surface area contributed by atoms with Gasteiger partial charge in [0.15, 0.2) is 4.34 Å². The van der Waals surface area contributed by atoms with Crippen LogP contribution in [0.5, 0.6) is 0 Å². The maximum atomic E-state index is 12.5. The van der Waals surface area contributed by atoms with Crippen LogP contribution in [0.3, 0.4) is 0 Å². The van der Waals surface area contributed by atoms with Gasteiger partial charge in [-0.25, -0.2) is 0 Å². The molecule has 5 rings (SSSR count). The minimum Gasteiger partial charge on any atom is -0.360 e. The number of hydrogen-bond donors (Lipinski definition) is 2. The minimum absolute atomic E-state index is 0.138. The molecule has 1 aromatic rings. The lowest BCUT2D eigenvalue weighted by Crippen LogP contribution is -2.56. The van der Waals surface area contributed by atoms with Gasteiger partial charge < -0.3 is 10.6 Å². The molecule has 4 saturated carbocycles. The molecule has 0 aliphatic heterocycles. The van der Waals surface area contributed by atoms with Crippen LogP contribution in [0, 0.1) is 23.2 Å². The maximum Gasteiger partial charge on any atom is 0.230 e. The molecule has 0 aromatic carbocycles. The van der Waals surface area contributed by atoms with E-state index in [-0.39, 0.29) is 5.91 Å². The molecule has 5 nitrogen and oxygen atoms in total. The van der Waals surface area contributed by atoms with Crippen LogP contribution < -0.4 is 10.6 Å². The number of thioether (sulfide) groups is 1. The maximum absolute atomic E-state index is 12.5. The van der Waals surface area contributed by atoms with E-state index in [2.05, 4.69) is 34.7 Å². The molecule has 150 valence electrons. The summed E-state index contributed by atoms with van der Waals surface area (Å²) in [6, 6.07) is 0.291. The van der Waals surface area contributed by atoms with Crippen LogP contribution in [-0.2, 0) is 4.79 Å². The fraction of sp³-hybridized carbons (Fsp3) is 0.850. The third-order valence-corrected chi connectivity index (χ3v) is 8.94. The van der Waals surface area contributed by atoms with Gasteiger partial charge in [0, 0.05) is 12.6 Å². The summed E-state index contributed by atoms with van der Waals surface area (Å²) in [6.45, 7) is 5.35. The second-order valence-corrected chi connectivity index (χ2v) is 11.2. The predicted molar refractivity (Wildman–Crippen MR) is 112 cm³/mol. The van der Waals surface area contributed by atoms with E-state index in [1.165, 1.54) is 50.3 Å². The summed E-state index contributed by atoms with van der Waals surface area (Å²) >= 11 is 3.04. The Morgan fingerprint density at radius 1 is 1.22 bits per heavy atom. The van der Waals surface area contributed by atoms with E-state index in [1.807, 2.05) is 0 Å². The zero-order valence-electron chi connectivity index (χ0n) is 16.5. The fourth-order valence-electron chi connectivity index (χ4n) is 5.98. The standard InChI is InChI=1S/C20H32N4OS2/c1-3-4-5-21-18-23-24-19(27-18)26-12-17(25)22-13(2)20-9-14-6-15(10-20)8-16(7-14)11-20/h13-16H,3-12H2,1-2H3,(H,21,23)(H,22,25)/t13-,14?,15?,16?,20?/m0/s1. The molecular formula is C20H32N4OS2. The third kappa shape index (κ3) is 4.44. The van der Waals surface area contributed by atoms with Crippen LogP contribution in [0.4, 0.5) is 5.13 Å². The first-order valence-corrected chi connectivity index (χ1v) is 12.4. The van der Waals surface area contributed by atoms with Gasteiger partial charge in [-0.1, -0.05) is 36.4 Å². The smallest absolute Gasteiger partial charge is 0.230 e. The lowest BCUT2D eigenvalue weighted by molar-refractivity contribution is -0.123. The number of aromatic nitrogens is 2. The average molecular weight is 409 g/mol. The normalized spacial score (nSPS) is 32.4. The molecule has 0 unspecified atom stereocenters. The summed E-state index contributed by atoms with van der Waals surface area (Å²) in [7, 11) is 0. The van der Waals surface area contributed by atoms with Crippen LogP contribution in [-0.4, -0.2) is 34.4 Å². The highest BCUT2D eigenvalue weighted by Gasteiger charge is 2.53. The topological polar surface area (TPSA) is 66.9 Å². The van der Waals surface area contributed by atoms with Crippen molar-refractivity contribution in [2.75, 3.05) is 17.6 Å². The Balaban J connectivity index is 1.25. The molecular weight excluding hydrogens is 376 g/mol. The van der Waals surface area contributed by atoms with E-state index >= 15 is 0 Å². The van der Waals surface area contributed by atoms with Gasteiger partial charge in [0.25, 0.3) is 0 Å². The molecule has 1 heterocycles. The van der Waals surface area contributed by atoms with E-state index in [0.717, 1.165) is 46.6 Å². The fourth-order valence-corrected chi connectivity index (χ4v) is 7.57. The number of rotatable bonds is 9. The van der Waals surface area contributed by atoms with Gasteiger partial charge in [-0.3, -0.25) is 4.79 Å². The second kappa shape index (κ2) is 8.27. The quantitative estimate of drug-likeness (QED) is 0.463. The molecule has 0 spiro atoms. The van der Waals surface area contributed by atoms with Gasteiger partial charge in [-0.05, 0) is 75.0 Å². The molecule has 2 N–H and O–H groups in total. The molecule has 1 atom stereocenters. The molecule has 4 aliphatic rings. The van der Waals surface area contributed by atoms with E-state index < -0.39 is 0 Å². The van der Waals surface area contributed by atoms with Gasteiger partial charge in [-0.2, -0.15) is 0 Å². The van der Waals surface area contributed by atoms with Crippen molar-refractivity contribution in [2.24, 2.45) is 23.2 Å². The molecule has 7 heteroatoms. The Morgan fingerprint density at radius 3 is 2.52 bits per heavy atom. The lowest BCUT2D eigenvalue weighted by atomic mass is 9.48. The summed E-state index contributed by atoms with van der Waals surface area (Å²) in [5, 5.41) is 15.8. The van der Waals surface area contributed by atoms with Crippen molar-refractivity contribution < 1.29 is 4.79 Å². The molecule has 0 saturated heterocycles. The van der Waals surface area contributed by atoms with E-state index in [9.17, 15) is 4.79 Å². The van der Waals surface area contributed by atoms with Crippen molar-refractivity contribution in [3.8, 4) is 0 Å². The highest BCUT2D eigenvalue weighted by Crippen LogP contribution is 2.61. The highest BCUT2D eigenvalue weighted by atomic mass is 32.2. The Bertz CT molecular complexity index is 627. The van der Waals surface area contributed by atoms with Crippen molar-refractivity contribution in [2.45, 2.75) is 75.6 Å². The minimum atomic E-state index is 0.138. The van der Waals surface area contributed by atoms with Crippen molar-refractivity contribution in [3.05, 3.63) is 0 Å². The molecule has 4 bridgehead atoms. The van der Waals surface area contributed by atoms with Crippen molar-refractivity contribution in [3.63, 3.8) is 0 Å². The second-order valence-electron chi connectivity index (χ2n) is 9.01. The van der Waals surface area contributed by atoms with Gasteiger partial charge in [-0.15, -0.1) is 10.2 Å². The number of nitrogens with zero attached hydrogens (tertiary/aromatic N) is 2. The molecule has 1 amide bonds. The first kappa shape index (κ1) is 19.5. The number of anilines is 1. The number of unbranched alkanes of at least 4 members (excludes halogenated alkanes) is 1. The number of nitrogens with one attached hydrogen (secondary N) is 2. The van der Waals surface area contributed by atoms with Gasteiger partial charge >= 0.3 is 0 Å². The van der Waals surface area contributed by atoms with Crippen molar-refractivity contribution in [1.29, 1.82) is 0 Å². The Labute approximate surface area is 170 Å². The van der Waals surface area contributed by atoms with Gasteiger partial charge in [0.1, 0.15) is 0 Å². The zero-order valence-corrected chi connectivity index (χ0v) is 18.1. The first-order valence-electron chi connectivity index (χ1n) is 10.6. The van der Waals surface area contributed by atoms with E-state index in [0.29, 0.717) is 17.2 Å². The highest BCUT2D eigenvalue weighted by molar-refractivity contribution is 8.01. The van der Waals surface area contributed by atoms with Crippen LogP contribution in [0.25, 0.3) is 0 Å². The average Bonchev–Trinajstić information content (AvgIpc) is 3.07. The number of carbonyl (C=O) groups excluding carboxylic acids is 1. The number of hydrogen-bond acceptors (Lipinski definition) is 6. The van der Waals surface area contributed by atoms with Crippen LogP contribution in [0.2, 0.25) is 0 Å². The molecule has 4 fully saturated rings. The SMILES string of the molecule is CCCCNc1nnc(SCC(=O)N[C@@H](C)C23CC4CC(CC(C4)C2)C3)s1. The van der Waals surface area contributed by atoms with Crippen LogP contribution in [0.1, 0.15) is 65.2 Å². The molecule has 27 heavy (non-hydrogen) atoms. The van der Waals surface area contributed by atoms with Gasteiger partial charge in [0.05, 0.1) is 5.75 Å². The molecule has 4 aliphatic carbocycles. The predicted octanol–water partition coefficient (Wildman–Crippen LogP) is 4.56. The van der Waals surface area contributed by atoms with E-state index in [4.69, 9.17) is 0 Å². The zero-order chi connectivity index (χ0) is 18.9. The van der Waals surface area contributed by atoms with E-state index in [1.54, 1.807) is 11.3 Å². The molecule has 0 radical (unpaired) electrons. The lowest BCUT2D eigenvalue weighted by Gasteiger charge is -2.59. The van der Waals surface area contributed by atoms with Crippen molar-refractivity contribution >= 4 is 34.1 Å². The Morgan fingerprint density at radius 2 is 1.89 bits per heavy atom. The number of amides is 1.